The Bertz CT molecular complexity index is 1050. The van der Waals surface area contributed by atoms with Crippen LogP contribution < -0.4 is 0 Å². The van der Waals surface area contributed by atoms with Gasteiger partial charge in [0.2, 0.25) is 5.88 Å². The largest absolute Gasteiger partial charge is 0.507 e. The lowest BCUT2D eigenvalue weighted by molar-refractivity contribution is -0.133. The third kappa shape index (κ3) is 3.70. The zero-order chi connectivity index (χ0) is 18.7. The van der Waals surface area contributed by atoms with Gasteiger partial charge in [-0.05, 0) is 18.2 Å². The number of benzene rings is 2. The molecular weight excluding hydrogens is 402 g/mol. The van der Waals surface area contributed by atoms with Crippen molar-refractivity contribution in [3.8, 4) is 5.88 Å². The molecule has 0 aliphatic carbocycles. The van der Waals surface area contributed by atoms with Gasteiger partial charge in [0.05, 0.1) is 5.52 Å². The van der Waals surface area contributed by atoms with Crippen LogP contribution in [-0.2, 0) is 9.59 Å². The number of azo groups is 1. The Kier molecular flexibility index (Phi) is 4.94. The lowest BCUT2D eigenvalue weighted by Crippen LogP contribution is -2.07. The number of aromatic nitrogens is 1. The minimum Gasteiger partial charge on any atom is -0.507 e. The van der Waals surface area contributed by atoms with Gasteiger partial charge in [0.15, 0.2) is 5.69 Å². The Morgan fingerprint density at radius 3 is 2.58 bits per heavy atom. The molecule has 0 spiro atoms. The number of ketones is 1. The Hall–Kier alpha value is -3.26. The number of carbonyl (C=O) groups is 2. The van der Waals surface area contributed by atoms with Crippen molar-refractivity contribution in [3.05, 3.63) is 64.6 Å². The standard InChI is InChI=1S/C18H12BrN3O4/c19-11-6-7-13-12(8-11)16(18(26)20-13)21-22-17(25)15(24)9-14(23)10-4-2-1-3-5-10/h1-9,20,23,26H. The molecule has 0 saturated heterocycles. The molecule has 0 unspecified atom stereocenters. The summed E-state index contributed by atoms with van der Waals surface area (Å²) in [4.78, 5) is 26.4. The number of H-pyrrole nitrogens is 1. The van der Waals surface area contributed by atoms with Crippen LogP contribution in [0.15, 0.2) is 69.3 Å². The quantitative estimate of drug-likeness (QED) is 0.254. The van der Waals surface area contributed by atoms with Crippen molar-refractivity contribution in [2.75, 3.05) is 0 Å². The minimum absolute atomic E-state index is 0.0405. The molecule has 1 heterocycles. The summed E-state index contributed by atoms with van der Waals surface area (Å²) < 4.78 is 0.749. The molecule has 3 rings (SSSR count). The number of nitrogens with one attached hydrogen (secondary N) is 1. The fourth-order valence-corrected chi connectivity index (χ4v) is 2.62. The molecule has 0 aliphatic heterocycles. The van der Waals surface area contributed by atoms with Crippen molar-refractivity contribution in [1.29, 1.82) is 0 Å². The summed E-state index contributed by atoms with van der Waals surface area (Å²) in [5.41, 5.74) is 1.03. The molecule has 8 heteroatoms. The highest BCUT2D eigenvalue weighted by Crippen LogP contribution is 2.36. The number of carbonyl (C=O) groups excluding carboxylic acids is 2. The molecule has 7 nitrogen and oxygen atoms in total. The number of hydrogen-bond donors (Lipinski definition) is 3. The fourth-order valence-electron chi connectivity index (χ4n) is 2.26. The summed E-state index contributed by atoms with van der Waals surface area (Å²) in [6.07, 6.45) is 0.780. The van der Waals surface area contributed by atoms with Crippen molar-refractivity contribution < 1.29 is 19.8 Å². The number of aromatic amines is 1. The van der Waals surface area contributed by atoms with Gasteiger partial charge in [-0.1, -0.05) is 46.3 Å². The molecule has 3 N–H and O–H groups in total. The van der Waals surface area contributed by atoms with Gasteiger partial charge in [0, 0.05) is 21.5 Å². The molecule has 0 bridgehead atoms. The Morgan fingerprint density at radius 1 is 1.12 bits per heavy atom. The SMILES string of the molecule is O=C(C=C(O)c1ccccc1)C(=O)N=Nc1c(O)[nH]c2ccc(Br)cc12. The zero-order valence-corrected chi connectivity index (χ0v) is 14.8. The third-order valence-corrected chi connectivity index (χ3v) is 4.00. The van der Waals surface area contributed by atoms with Crippen molar-refractivity contribution in [2.45, 2.75) is 0 Å². The number of aromatic hydroxyl groups is 1. The second-order valence-electron chi connectivity index (χ2n) is 5.28. The van der Waals surface area contributed by atoms with E-state index in [1.807, 2.05) is 0 Å². The summed E-state index contributed by atoms with van der Waals surface area (Å²) in [5.74, 6) is -2.82. The van der Waals surface area contributed by atoms with Crippen LogP contribution >= 0.6 is 15.9 Å². The molecule has 1 amide bonds. The molecule has 0 fully saturated rings. The lowest BCUT2D eigenvalue weighted by atomic mass is 10.1. The van der Waals surface area contributed by atoms with Crippen LogP contribution in [0, 0.1) is 0 Å². The average Bonchev–Trinajstić information content (AvgIpc) is 2.94. The molecular formula is C18H12BrN3O4. The molecule has 2 aromatic carbocycles. The number of rotatable bonds is 4. The molecule has 26 heavy (non-hydrogen) atoms. The Balaban J connectivity index is 1.83. The topological polar surface area (TPSA) is 115 Å². The number of nitrogens with zero attached hydrogens (tertiary/aromatic N) is 2. The van der Waals surface area contributed by atoms with E-state index in [2.05, 4.69) is 31.1 Å². The van der Waals surface area contributed by atoms with E-state index in [1.54, 1.807) is 48.5 Å². The van der Waals surface area contributed by atoms with Crippen LogP contribution in [0.4, 0.5) is 5.69 Å². The second-order valence-corrected chi connectivity index (χ2v) is 6.19. The summed E-state index contributed by atoms with van der Waals surface area (Å²) in [6.45, 7) is 0. The summed E-state index contributed by atoms with van der Waals surface area (Å²) in [6, 6.07) is 13.5. The van der Waals surface area contributed by atoms with Crippen LogP contribution in [0.1, 0.15) is 5.56 Å². The predicted molar refractivity (Wildman–Crippen MR) is 99.2 cm³/mol. The number of fused-ring (bicyclic) bond motifs is 1. The molecule has 130 valence electrons. The number of aliphatic hydroxyl groups excluding tert-OH is 1. The second kappa shape index (κ2) is 7.32. The predicted octanol–water partition coefficient (Wildman–Crippen LogP) is 4.41. The van der Waals surface area contributed by atoms with Crippen molar-refractivity contribution >= 4 is 50.0 Å². The maximum absolute atomic E-state index is 11.9. The first-order valence-corrected chi connectivity index (χ1v) is 8.21. The van der Waals surface area contributed by atoms with Gasteiger partial charge < -0.3 is 15.2 Å². The first kappa shape index (κ1) is 17.6. The average molecular weight is 414 g/mol. The smallest absolute Gasteiger partial charge is 0.335 e. The van der Waals surface area contributed by atoms with Gasteiger partial charge in [-0.15, -0.1) is 10.2 Å². The van der Waals surface area contributed by atoms with Crippen LogP contribution in [-0.4, -0.2) is 26.9 Å². The maximum atomic E-state index is 11.9. The van der Waals surface area contributed by atoms with E-state index < -0.39 is 11.7 Å². The fraction of sp³-hybridized carbons (Fsp3) is 0. The highest BCUT2D eigenvalue weighted by atomic mass is 79.9. The van der Waals surface area contributed by atoms with E-state index in [4.69, 9.17) is 0 Å². The van der Waals surface area contributed by atoms with Crippen molar-refractivity contribution in [3.63, 3.8) is 0 Å². The summed E-state index contributed by atoms with van der Waals surface area (Å²) in [5, 5.41) is 27.3. The minimum atomic E-state index is -1.17. The highest BCUT2D eigenvalue weighted by molar-refractivity contribution is 9.10. The molecule has 3 aromatic rings. The van der Waals surface area contributed by atoms with Gasteiger partial charge in [-0.2, -0.15) is 0 Å². The normalized spacial score (nSPS) is 12.0. The van der Waals surface area contributed by atoms with Gasteiger partial charge in [-0.3, -0.25) is 9.59 Å². The maximum Gasteiger partial charge on any atom is 0.335 e. The highest BCUT2D eigenvalue weighted by Gasteiger charge is 2.15. The monoisotopic (exact) mass is 413 g/mol. The van der Waals surface area contributed by atoms with Crippen LogP contribution in [0.5, 0.6) is 5.88 Å². The summed E-state index contributed by atoms with van der Waals surface area (Å²) in [7, 11) is 0. The van der Waals surface area contributed by atoms with Gasteiger partial charge in [-0.25, -0.2) is 0 Å². The zero-order valence-electron chi connectivity index (χ0n) is 13.2. The van der Waals surface area contributed by atoms with Gasteiger partial charge in [0.25, 0.3) is 5.78 Å². The van der Waals surface area contributed by atoms with Crippen LogP contribution in [0.2, 0.25) is 0 Å². The first-order chi connectivity index (χ1) is 12.5. The number of hydrogen-bond acceptors (Lipinski definition) is 5. The lowest BCUT2D eigenvalue weighted by Gasteiger charge is -1.98. The molecule has 0 radical (unpaired) electrons. The number of halogens is 1. The van der Waals surface area contributed by atoms with Crippen LogP contribution in [0.3, 0.4) is 0 Å². The summed E-state index contributed by atoms with van der Waals surface area (Å²) >= 11 is 3.30. The first-order valence-electron chi connectivity index (χ1n) is 7.42. The number of amides is 1. The Labute approximate surface area is 155 Å². The van der Waals surface area contributed by atoms with E-state index in [9.17, 15) is 19.8 Å². The van der Waals surface area contributed by atoms with E-state index in [-0.39, 0.29) is 17.3 Å². The molecule has 0 atom stereocenters. The van der Waals surface area contributed by atoms with Crippen LogP contribution in [0.25, 0.3) is 16.7 Å². The molecule has 0 saturated carbocycles. The van der Waals surface area contributed by atoms with Crippen molar-refractivity contribution in [1.82, 2.24) is 4.98 Å². The molecule has 0 aliphatic rings. The number of aliphatic hydroxyl groups is 1. The van der Waals surface area contributed by atoms with E-state index in [0.717, 1.165) is 10.5 Å². The Morgan fingerprint density at radius 2 is 1.85 bits per heavy atom. The molecule has 1 aromatic heterocycles. The van der Waals surface area contributed by atoms with Gasteiger partial charge >= 0.3 is 5.91 Å². The van der Waals surface area contributed by atoms with Crippen molar-refractivity contribution in [2.24, 2.45) is 10.2 Å². The van der Waals surface area contributed by atoms with Gasteiger partial charge in [0.1, 0.15) is 5.76 Å². The third-order valence-electron chi connectivity index (χ3n) is 3.50. The van der Waals surface area contributed by atoms with E-state index in [1.165, 1.54) is 0 Å². The van der Waals surface area contributed by atoms with E-state index in [0.29, 0.717) is 16.5 Å². The van der Waals surface area contributed by atoms with E-state index >= 15 is 0 Å².